The monoisotopic (exact) mass is 252 g/mol. The molecule has 0 bridgehead atoms. The number of carbonyl (C=O) groups excluding carboxylic acids is 1. The van der Waals surface area contributed by atoms with E-state index in [0.717, 1.165) is 40.5 Å². The van der Waals surface area contributed by atoms with E-state index in [2.05, 4.69) is 12.1 Å². The molecule has 2 aromatic rings. The zero-order valence-electron chi connectivity index (χ0n) is 11.0. The van der Waals surface area contributed by atoms with Gasteiger partial charge >= 0.3 is 0 Å². The number of hydrogen-bond donors (Lipinski definition) is 0. The van der Waals surface area contributed by atoms with E-state index in [1.165, 1.54) is 0 Å². The summed E-state index contributed by atoms with van der Waals surface area (Å²) in [5.41, 5.74) is 1.89. The number of ether oxygens (including phenoxy) is 1. The van der Waals surface area contributed by atoms with Gasteiger partial charge in [-0.3, -0.25) is 4.79 Å². The summed E-state index contributed by atoms with van der Waals surface area (Å²) in [6.07, 6.45) is 4.68. The van der Waals surface area contributed by atoms with Crippen LogP contribution in [-0.2, 0) is 4.79 Å². The summed E-state index contributed by atoms with van der Waals surface area (Å²) in [7, 11) is 1.67. The van der Waals surface area contributed by atoms with Gasteiger partial charge in [-0.2, -0.15) is 0 Å². The van der Waals surface area contributed by atoms with E-state index in [0.29, 0.717) is 6.42 Å². The van der Waals surface area contributed by atoms with Crippen LogP contribution in [0.1, 0.15) is 24.8 Å². The smallest absolute Gasteiger partial charge is 0.163 e. The van der Waals surface area contributed by atoms with Gasteiger partial charge in [0.25, 0.3) is 0 Å². The topological polar surface area (TPSA) is 26.3 Å². The molecule has 0 saturated carbocycles. The highest BCUT2D eigenvalue weighted by Gasteiger charge is 2.18. The third-order valence-corrected chi connectivity index (χ3v) is 3.65. The largest absolute Gasteiger partial charge is 0.496 e. The summed E-state index contributed by atoms with van der Waals surface area (Å²) in [6, 6.07) is 12.0. The Labute approximate surface area is 112 Å². The molecule has 0 fully saturated rings. The Balaban J connectivity index is 2.25. The number of methoxy groups -OCH3 is 1. The van der Waals surface area contributed by atoms with E-state index in [4.69, 9.17) is 4.74 Å². The van der Waals surface area contributed by atoms with Gasteiger partial charge in [-0.05, 0) is 35.9 Å². The Morgan fingerprint density at radius 1 is 1.05 bits per heavy atom. The van der Waals surface area contributed by atoms with Gasteiger partial charge in [0.1, 0.15) is 5.75 Å². The average molecular weight is 252 g/mol. The van der Waals surface area contributed by atoms with Crippen molar-refractivity contribution < 1.29 is 9.53 Å². The molecule has 0 aliphatic heterocycles. The molecule has 0 amide bonds. The Hall–Kier alpha value is -2.09. The number of fused-ring (bicyclic) bond motifs is 1. The van der Waals surface area contributed by atoms with Crippen LogP contribution >= 0.6 is 0 Å². The predicted molar refractivity (Wildman–Crippen MR) is 77.3 cm³/mol. The maximum absolute atomic E-state index is 12.1. The van der Waals surface area contributed by atoms with Crippen molar-refractivity contribution in [3.63, 3.8) is 0 Å². The van der Waals surface area contributed by atoms with E-state index >= 15 is 0 Å². The van der Waals surface area contributed by atoms with Crippen LogP contribution in [0.3, 0.4) is 0 Å². The van der Waals surface area contributed by atoms with Crippen LogP contribution in [0.25, 0.3) is 16.3 Å². The molecule has 0 heterocycles. The van der Waals surface area contributed by atoms with Crippen molar-refractivity contribution in [1.29, 1.82) is 0 Å². The van der Waals surface area contributed by atoms with Gasteiger partial charge in [0.05, 0.1) is 7.11 Å². The summed E-state index contributed by atoms with van der Waals surface area (Å²) in [6.45, 7) is 0. The predicted octanol–water partition coefficient (Wildman–Crippen LogP) is 3.98. The summed E-state index contributed by atoms with van der Waals surface area (Å²) in [4.78, 5) is 12.1. The first kappa shape index (κ1) is 12.0. The Bertz CT molecular complexity index is 668. The maximum Gasteiger partial charge on any atom is 0.163 e. The van der Waals surface area contributed by atoms with Crippen molar-refractivity contribution >= 4 is 22.1 Å². The van der Waals surface area contributed by atoms with E-state index in [-0.39, 0.29) is 5.78 Å². The quantitative estimate of drug-likeness (QED) is 0.808. The number of Topliss-reactive ketones (excluding diaryl/α,β-unsaturated/α-hetero) is 1. The highest BCUT2D eigenvalue weighted by atomic mass is 16.5. The molecule has 0 saturated heterocycles. The lowest BCUT2D eigenvalue weighted by atomic mass is 9.89. The lowest BCUT2D eigenvalue weighted by Crippen LogP contribution is -2.06. The Morgan fingerprint density at radius 2 is 1.84 bits per heavy atom. The minimum atomic E-state index is 0.251. The molecule has 0 aromatic heterocycles. The second-order valence-electron chi connectivity index (χ2n) is 4.79. The van der Waals surface area contributed by atoms with Crippen LogP contribution in [0, 0.1) is 0 Å². The molecule has 19 heavy (non-hydrogen) atoms. The summed E-state index contributed by atoms with van der Waals surface area (Å²) < 4.78 is 5.39. The molecule has 2 aromatic carbocycles. The van der Waals surface area contributed by atoms with Crippen molar-refractivity contribution in [3.05, 3.63) is 48.0 Å². The normalized spacial score (nSPS) is 15.4. The van der Waals surface area contributed by atoms with Crippen LogP contribution < -0.4 is 4.74 Å². The van der Waals surface area contributed by atoms with Crippen LogP contribution in [0.5, 0.6) is 5.75 Å². The summed E-state index contributed by atoms with van der Waals surface area (Å²) >= 11 is 0. The third-order valence-electron chi connectivity index (χ3n) is 3.65. The molecule has 1 aliphatic rings. The molecular weight excluding hydrogens is 236 g/mol. The molecular formula is C17H16O2. The van der Waals surface area contributed by atoms with E-state index in [9.17, 15) is 4.79 Å². The number of rotatable bonds is 2. The first-order valence-corrected chi connectivity index (χ1v) is 6.61. The fourth-order valence-corrected chi connectivity index (χ4v) is 2.70. The van der Waals surface area contributed by atoms with Crippen molar-refractivity contribution in [2.75, 3.05) is 7.11 Å². The van der Waals surface area contributed by atoms with Gasteiger partial charge < -0.3 is 4.74 Å². The lowest BCUT2D eigenvalue weighted by molar-refractivity contribution is -0.114. The van der Waals surface area contributed by atoms with Gasteiger partial charge in [0.2, 0.25) is 0 Å². The number of benzene rings is 2. The van der Waals surface area contributed by atoms with Gasteiger partial charge in [-0.15, -0.1) is 0 Å². The maximum atomic E-state index is 12.1. The first-order chi connectivity index (χ1) is 9.31. The highest BCUT2D eigenvalue weighted by Crippen LogP contribution is 2.34. The molecule has 0 atom stereocenters. The SMILES string of the molecule is COc1ccc(C2=CCCCC2=O)c2ccccc12. The molecule has 1 aliphatic carbocycles. The van der Waals surface area contributed by atoms with Crippen LogP contribution in [-0.4, -0.2) is 12.9 Å². The van der Waals surface area contributed by atoms with Crippen molar-refractivity contribution in [1.82, 2.24) is 0 Å². The van der Waals surface area contributed by atoms with Gasteiger partial charge in [-0.1, -0.05) is 30.3 Å². The highest BCUT2D eigenvalue weighted by molar-refractivity contribution is 6.24. The van der Waals surface area contributed by atoms with Crippen molar-refractivity contribution in [3.8, 4) is 5.75 Å². The minimum Gasteiger partial charge on any atom is -0.496 e. The van der Waals surface area contributed by atoms with Crippen LogP contribution in [0.4, 0.5) is 0 Å². The Morgan fingerprint density at radius 3 is 2.58 bits per heavy atom. The van der Waals surface area contributed by atoms with E-state index < -0.39 is 0 Å². The van der Waals surface area contributed by atoms with Crippen molar-refractivity contribution in [2.24, 2.45) is 0 Å². The molecule has 0 unspecified atom stereocenters. The first-order valence-electron chi connectivity index (χ1n) is 6.61. The zero-order valence-corrected chi connectivity index (χ0v) is 11.0. The number of allylic oxidation sites excluding steroid dienone is 2. The van der Waals surface area contributed by atoms with Crippen molar-refractivity contribution in [2.45, 2.75) is 19.3 Å². The van der Waals surface area contributed by atoms with Gasteiger partial charge in [0.15, 0.2) is 5.78 Å². The fraction of sp³-hybridized carbons (Fsp3) is 0.235. The number of ketones is 1. The van der Waals surface area contributed by atoms with E-state index in [1.54, 1.807) is 7.11 Å². The summed E-state index contributed by atoms with van der Waals surface area (Å²) in [5.74, 6) is 1.10. The molecule has 0 radical (unpaired) electrons. The van der Waals surface area contributed by atoms with Crippen LogP contribution in [0.2, 0.25) is 0 Å². The standard InChI is InChI=1S/C17H16O2/c1-19-17-11-10-13(12-6-2-3-8-15(12)17)14-7-4-5-9-16(14)18/h2-3,6-8,10-11H,4-5,9H2,1H3. The fourth-order valence-electron chi connectivity index (χ4n) is 2.70. The minimum absolute atomic E-state index is 0.251. The molecule has 3 rings (SSSR count). The van der Waals surface area contributed by atoms with Gasteiger partial charge in [0, 0.05) is 17.4 Å². The molecule has 0 N–H and O–H groups in total. The second kappa shape index (κ2) is 4.88. The summed E-state index contributed by atoms with van der Waals surface area (Å²) in [5, 5.41) is 2.14. The third kappa shape index (κ3) is 2.03. The second-order valence-corrected chi connectivity index (χ2v) is 4.79. The van der Waals surface area contributed by atoms with E-state index in [1.807, 2.05) is 30.3 Å². The average Bonchev–Trinajstić information content (AvgIpc) is 2.47. The number of hydrogen-bond acceptors (Lipinski definition) is 2. The molecule has 2 heteroatoms. The molecule has 0 spiro atoms. The Kier molecular flexibility index (Phi) is 3.08. The van der Waals surface area contributed by atoms with Crippen LogP contribution in [0.15, 0.2) is 42.5 Å². The molecule has 2 nitrogen and oxygen atoms in total. The van der Waals surface area contributed by atoms with Gasteiger partial charge in [-0.25, -0.2) is 0 Å². The molecule has 96 valence electrons. The lowest BCUT2D eigenvalue weighted by Gasteiger charge is -2.15. The zero-order chi connectivity index (χ0) is 13.2. The number of carbonyl (C=O) groups is 1.